The molecule has 1 heterocycles. The molecule has 1 N–H and O–H groups in total. The van der Waals surface area contributed by atoms with E-state index in [1.807, 2.05) is 13.8 Å². The van der Waals surface area contributed by atoms with Crippen LogP contribution in [0, 0.1) is 5.92 Å². The molecular formula is C11H17NO2S. The average Bonchev–Trinajstić information content (AvgIpc) is 2.72. The van der Waals surface area contributed by atoms with Crippen molar-refractivity contribution in [2.75, 3.05) is 0 Å². The zero-order valence-electron chi connectivity index (χ0n) is 9.14. The third-order valence-corrected chi connectivity index (χ3v) is 3.44. The molecule has 3 nitrogen and oxygen atoms in total. The fraction of sp³-hybridized carbons (Fsp3) is 0.636. The van der Waals surface area contributed by atoms with Gasteiger partial charge in [0.05, 0.1) is 5.51 Å². The third kappa shape index (κ3) is 3.39. The van der Waals surface area contributed by atoms with Gasteiger partial charge in [-0.05, 0) is 5.92 Å². The summed E-state index contributed by atoms with van der Waals surface area (Å²) in [5.41, 5.74) is 1.70. The maximum absolute atomic E-state index is 11.7. The van der Waals surface area contributed by atoms with Gasteiger partial charge in [0, 0.05) is 17.5 Å². The second kappa shape index (κ2) is 5.98. The third-order valence-electron chi connectivity index (χ3n) is 2.66. The van der Waals surface area contributed by atoms with E-state index in [0.717, 1.165) is 17.7 Å². The Kier molecular flexibility index (Phi) is 4.91. The number of hydrogen-bond donors (Lipinski definition) is 1. The van der Waals surface area contributed by atoms with Gasteiger partial charge in [0.2, 0.25) is 0 Å². The van der Waals surface area contributed by atoms with E-state index in [4.69, 9.17) is 0 Å². The Bertz CT molecular complexity index is 294. The molecule has 0 bridgehead atoms. The molecule has 0 aliphatic heterocycles. The van der Waals surface area contributed by atoms with Gasteiger partial charge in [0.25, 0.3) is 0 Å². The average molecular weight is 227 g/mol. The van der Waals surface area contributed by atoms with E-state index in [-0.39, 0.29) is 11.7 Å². The van der Waals surface area contributed by atoms with E-state index in [2.05, 4.69) is 4.98 Å². The summed E-state index contributed by atoms with van der Waals surface area (Å²) in [6.07, 6.45) is 2.85. The number of carbonyl (C=O) groups is 1. The highest BCUT2D eigenvalue weighted by molar-refractivity contribution is 7.09. The van der Waals surface area contributed by atoms with Gasteiger partial charge in [-0.25, -0.2) is 0 Å². The van der Waals surface area contributed by atoms with Crippen molar-refractivity contribution in [2.24, 2.45) is 5.92 Å². The molecule has 84 valence electrons. The van der Waals surface area contributed by atoms with Crippen molar-refractivity contribution in [2.45, 2.75) is 39.2 Å². The second-order valence-corrected chi connectivity index (χ2v) is 4.60. The van der Waals surface area contributed by atoms with E-state index < -0.39 is 6.10 Å². The number of aromatic nitrogens is 1. The first-order valence-electron chi connectivity index (χ1n) is 5.27. The van der Waals surface area contributed by atoms with Crippen LogP contribution in [-0.2, 0) is 11.2 Å². The zero-order chi connectivity index (χ0) is 11.3. The summed E-state index contributed by atoms with van der Waals surface area (Å²) in [6, 6.07) is 0. The highest BCUT2D eigenvalue weighted by Gasteiger charge is 2.23. The lowest BCUT2D eigenvalue weighted by Crippen LogP contribution is -2.30. The SMILES string of the molecule is CCC(CC)C(O)C(=O)Cc1cncs1. The summed E-state index contributed by atoms with van der Waals surface area (Å²) >= 11 is 1.45. The lowest BCUT2D eigenvalue weighted by molar-refractivity contribution is -0.129. The first kappa shape index (κ1) is 12.3. The van der Waals surface area contributed by atoms with Gasteiger partial charge in [-0.15, -0.1) is 11.3 Å². The Morgan fingerprint density at radius 3 is 2.67 bits per heavy atom. The molecule has 0 saturated carbocycles. The molecule has 1 aromatic heterocycles. The van der Waals surface area contributed by atoms with Crippen LogP contribution in [0.3, 0.4) is 0 Å². The van der Waals surface area contributed by atoms with Gasteiger partial charge in [-0.2, -0.15) is 0 Å². The minimum absolute atomic E-state index is 0.0884. The highest BCUT2D eigenvalue weighted by Crippen LogP contribution is 2.16. The number of aliphatic hydroxyl groups is 1. The van der Waals surface area contributed by atoms with Crippen molar-refractivity contribution in [1.82, 2.24) is 4.98 Å². The fourth-order valence-electron chi connectivity index (χ4n) is 1.60. The predicted molar refractivity (Wildman–Crippen MR) is 60.9 cm³/mol. The second-order valence-electron chi connectivity index (χ2n) is 3.63. The molecule has 0 fully saturated rings. The Balaban J connectivity index is 2.53. The Morgan fingerprint density at radius 1 is 1.53 bits per heavy atom. The van der Waals surface area contributed by atoms with Crippen molar-refractivity contribution in [3.8, 4) is 0 Å². The number of aliphatic hydroxyl groups excluding tert-OH is 1. The van der Waals surface area contributed by atoms with Crippen LogP contribution in [0.15, 0.2) is 11.7 Å². The van der Waals surface area contributed by atoms with Crippen molar-refractivity contribution < 1.29 is 9.90 Å². The molecule has 1 atom stereocenters. The normalized spacial score (nSPS) is 13.1. The Morgan fingerprint density at radius 2 is 2.20 bits per heavy atom. The molecule has 1 aromatic rings. The molecule has 0 spiro atoms. The van der Waals surface area contributed by atoms with Crippen LogP contribution in [0.2, 0.25) is 0 Å². The van der Waals surface area contributed by atoms with Gasteiger partial charge in [-0.1, -0.05) is 26.7 Å². The van der Waals surface area contributed by atoms with Crippen LogP contribution < -0.4 is 0 Å². The Labute approximate surface area is 94.2 Å². The molecule has 15 heavy (non-hydrogen) atoms. The molecule has 0 radical (unpaired) electrons. The minimum atomic E-state index is -0.818. The number of hydrogen-bond acceptors (Lipinski definition) is 4. The van der Waals surface area contributed by atoms with Crippen LogP contribution in [0.5, 0.6) is 0 Å². The quantitative estimate of drug-likeness (QED) is 0.809. The maximum Gasteiger partial charge on any atom is 0.166 e. The monoisotopic (exact) mass is 227 g/mol. The van der Waals surface area contributed by atoms with E-state index in [0.29, 0.717) is 6.42 Å². The molecule has 0 aliphatic rings. The maximum atomic E-state index is 11.7. The van der Waals surface area contributed by atoms with Gasteiger partial charge in [-0.3, -0.25) is 9.78 Å². The standard InChI is InChI=1S/C11H17NO2S/c1-3-8(4-2)11(14)10(13)5-9-6-12-7-15-9/h6-8,11,14H,3-5H2,1-2H3. The van der Waals surface area contributed by atoms with Crippen LogP contribution in [0.1, 0.15) is 31.6 Å². The summed E-state index contributed by atoms with van der Waals surface area (Å²) < 4.78 is 0. The van der Waals surface area contributed by atoms with E-state index in [1.54, 1.807) is 11.7 Å². The molecule has 0 amide bonds. The molecular weight excluding hydrogens is 210 g/mol. The molecule has 0 aromatic carbocycles. The van der Waals surface area contributed by atoms with Gasteiger partial charge >= 0.3 is 0 Å². The van der Waals surface area contributed by atoms with Gasteiger partial charge in [0.1, 0.15) is 6.10 Å². The van der Waals surface area contributed by atoms with Crippen LogP contribution in [-0.4, -0.2) is 22.0 Å². The van der Waals surface area contributed by atoms with E-state index in [1.165, 1.54) is 11.3 Å². The lowest BCUT2D eigenvalue weighted by atomic mass is 9.92. The van der Waals surface area contributed by atoms with Gasteiger partial charge in [0.15, 0.2) is 5.78 Å². The predicted octanol–water partition coefficient (Wildman–Crippen LogP) is 2.05. The smallest absolute Gasteiger partial charge is 0.166 e. The van der Waals surface area contributed by atoms with Crippen LogP contribution in [0.25, 0.3) is 0 Å². The number of carbonyl (C=O) groups excluding carboxylic acids is 1. The van der Waals surface area contributed by atoms with E-state index >= 15 is 0 Å². The summed E-state index contributed by atoms with van der Waals surface area (Å²) in [4.78, 5) is 16.5. The number of rotatable bonds is 6. The Hall–Kier alpha value is -0.740. The van der Waals surface area contributed by atoms with Crippen molar-refractivity contribution in [3.05, 3.63) is 16.6 Å². The van der Waals surface area contributed by atoms with E-state index in [9.17, 15) is 9.90 Å². The minimum Gasteiger partial charge on any atom is -0.385 e. The fourth-order valence-corrected chi connectivity index (χ4v) is 2.21. The largest absolute Gasteiger partial charge is 0.385 e. The first-order valence-corrected chi connectivity index (χ1v) is 6.15. The van der Waals surface area contributed by atoms with Crippen molar-refractivity contribution in [3.63, 3.8) is 0 Å². The molecule has 1 rings (SSSR count). The summed E-state index contributed by atoms with van der Waals surface area (Å²) in [5, 5.41) is 9.81. The highest BCUT2D eigenvalue weighted by atomic mass is 32.1. The van der Waals surface area contributed by atoms with Crippen molar-refractivity contribution in [1.29, 1.82) is 0 Å². The number of ketones is 1. The first-order chi connectivity index (χ1) is 7.19. The number of nitrogens with zero attached hydrogens (tertiary/aromatic N) is 1. The lowest BCUT2D eigenvalue weighted by Gasteiger charge is -2.18. The summed E-state index contributed by atoms with van der Waals surface area (Å²) in [7, 11) is 0. The molecule has 0 saturated heterocycles. The molecule has 0 aliphatic carbocycles. The van der Waals surface area contributed by atoms with Gasteiger partial charge < -0.3 is 5.11 Å². The van der Waals surface area contributed by atoms with Crippen molar-refractivity contribution >= 4 is 17.1 Å². The zero-order valence-corrected chi connectivity index (χ0v) is 9.96. The molecule has 1 unspecified atom stereocenters. The summed E-state index contributed by atoms with van der Waals surface area (Å²) in [5.74, 6) is -0.00151. The topological polar surface area (TPSA) is 50.2 Å². The van der Waals surface area contributed by atoms with Crippen LogP contribution in [0.4, 0.5) is 0 Å². The van der Waals surface area contributed by atoms with Crippen LogP contribution >= 0.6 is 11.3 Å². The number of Topliss-reactive ketones (excluding diaryl/α,β-unsaturated/α-hetero) is 1. The summed E-state index contributed by atoms with van der Waals surface area (Å²) in [6.45, 7) is 3.99. The number of thiazole rings is 1. The molecule has 4 heteroatoms.